The molecule has 2 aliphatic rings. The molecule has 1 atom stereocenters. The van der Waals surface area contributed by atoms with E-state index in [1.54, 1.807) is 7.05 Å². The van der Waals surface area contributed by atoms with Crippen molar-refractivity contribution < 1.29 is 17.9 Å². The number of ether oxygens (including phenoxy) is 1. The van der Waals surface area contributed by atoms with Gasteiger partial charge in [-0.2, -0.15) is 13.2 Å². The van der Waals surface area contributed by atoms with Crippen molar-refractivity contribution in [2.24, 2.45) is 4.99 Å². The number of nitrogens with one attached hydrogen (secondary N) is 2. The molecule has 1 aromatic carbocycles. The van der Waals surface area contributed by atoms with Crippen LogP contribution in [0.2, 0.25) is 0 Å². The van der Waals surface area contributed by atoms with Crippen molar-refractivity contribution in [3.63, 3.8) is 0 Å². The Hall–Kier alpha value is -1.84. The second-order valence-corrected chi connectivity index (χ2v) is 7.56. The van der Waals surface area contributed by atoms with Gasteiger partial charge in [0.1, 0.15) is 0 Å². The van der Waals surface area contributed by atoms with Crippen LogP contribution in [0.1, 0.15) is 17.5 Å². The molecular weight excluding hydrogens is 383 g/mol. The standard InChI is InChI=1S/C20H30F3N5O/c1-24-19(26-18-6-7-28(14-18)15-20(21,22)23)25-12-16-4-2-3-5-17(16)13-27-8-10-29-11-9-27/h2-5,18H,6-15H2,1H3,(H2,24,25,26). The molecule has 0 saturated carbocycles. The molecule has 3 rings (SSSR count). The van der Waals surface area contributed by atoms with Gasteiger partial charge in [0.05, 0.1) is 19.8 Å². The molecular formula is C20H30F3N5O. The molecule has 0 amide bonds. The van der Waals surface area contributed by atoms with Crippen LogP contribution in [-0.2, 0) is 17.8 Å². The summed E-state index contributed by atoms with van der Waals surface area (Å²) >= 11 is 0. The fourth-order valence-electron chi connectivity index (χ4n) is 3.80. The molecule has 0 bridgehead atoms. The van der Waals surface area contributed by atoms with Gasteiger partial charge in [-0.25, -0.2) is 0 Å². The molecule has 29 heavy (non-hydrogen) atoms. The summed E-state index contributed by atoms with van der Waals surface area (Å²) in [5, 5.41) is 6.56. The van der Waals surface area contributed by atoms with Crippen molar-refractivity contribution in [2.75, 3.05) is 53.0 Å². The third-order valence-corrected chi connectivity index (χ3v) is 5.30. The first-order valence-corrected chi connectivity index (χ1v) is 10.1. The first-order chi connectivity index (χ1) is 13.9. The average molecular weight is 413 g/mol. The van der Waals surface area contributed by atoms with E-state index in [-0.39, 0.29) is 6.04 Å². The van der Waals surface area contributed by atoms with Gasteiger partial charge in [-0.3, -0.25) is 14.8 Å². The number of hydrogen-bond acceptors (Lipinski definition) is 4. The summed E-state index contributed by atoms with van der Waals surface area (Å²) in [6, 6.07) is 8.25. The van der Waals surface area contributed by atoms with Gasteiger partial charge in [0.2, 0.25) is 0 Å². The molecule has 0 spiro atoms. The molecule has 2 heterocycles. The third-order valence-electron chi connectivity index (χ3n) is 5.30. The van der Waals surface area contributed by atoms with E-state index < -0.39 is 12.7 Å². The topological polar surface area (TPSA) is 52.1 Å². The Morgan fingerprint density at radius 1 is 1.14 bits per heavy atom. The number of rotatable bonds is 6. The van der Waals surface area contributed by atoms with E-state index >= 15 is 0 Å². The number of halogens is 3. The summed E-state index contributed by atoms with van der Waals surface area (Å²) in [5.74, 6) is 0.616. The maximum Gasteiger partial charge on any atom is 0.401 e. The highest BCUT2D eigenvalue weighted by atomic mass is 19.4. The highest BCUT2D eigenvalue weighted by Gasteiger charge is 2.34. The molecule has 0 aromatic heterocycles. The van der Waals surface area contributed by atoms with Crippen LogP contribution >= 0.6 is 0 Å². The monoisotopic (exact) mass is 413 g/mol. The average Bonchev–Trinajstić information content (AvgIpc) is 3.12. The van der Waals surface area contributed by atoms with Crippen LogP contribution in [0.15, 0.2) is 29.3 Å². The number of benzene rings is 1. The molecule has 1 aromatic rings. The van der Waals surface area contributed by atoms with Crippen LogP contribution in [0.25, 0.3) is 0 Å². The lowest BCUT2D eigenvalue weighted by Gasteiger charge is -2.27. The number of alkyl halides is 3. The SMILES string of the molecule is CN=C(NCc1ccccc1CN1CCOCC1)NC1CCN(CC(F)(F)F)C1. The lowest BCUT2D eigenvalue weighted by Crippen LogP contribution is -2.45. The summed E-state index contributed by atoms with van der Waals surface area (Å²) in [6.07, 6.45) is -3.48. The maximum atomic E-state index is 12.6. The summed E-state index contributed by atoms with van der Waals surface area (Å²) < 4.78 is 43.1. The predicted molar refractivity (Wildman–Crippen MR) is 107 cm³/mol. The smallest absolute Gasteiger partial charge is 0.379 e. The van der Waals surface area contributed by atoms with Crippen molar-refractivity contribution in [1.82, 2.24) is 20.4 Å². The first kappa shape index (κ1) is 21.9. The number of hydrogen-bond donors (Lipinski definition) is 2. The van der Waals surface area contributed by atoms with E-state index in [9.17, 15) is 13.2 Å². The zero-order valence-corrected chi connectivity index (χ0v) is 16.8. The summed E-state index contributed by atoms with van der Waals surface area (Å²) in [7, 11) is 1.68. The van der Waals surface area contributed by atoms with E-state index in [2.05, 4.69) is 32.7 Å². The Bertz CT molecular complexity index is 676. The van der Waals surface area contributed by atoms with Crippen molar-refractivity contribution in [1.29, 1.82) is 0 Å². The van der Waals surface area contributed by atoms with Crippen LogP contribution in [0, 0.1) is 0 Å². The molecule has 2 N–H and O–H groups in total. The van der Waals surface area contributed by atoms with E-state index in [0.717, 1.165) is 32.8 Å². The second-order valence-electron chi connectivity index (χ2n) is 7.56. The Kier molecular flexibility index (Phi) is 7.74. The number of guanidine groups is 1. The number of aliphatic imine (C=N–C) groups is 1. The molecule has 162 valence electrons. The van der Waals surface area contributed by atoms with Gasteiger partial charge in [0.15, 0.2) is 5.96 Å². The largest absolute Gasteiger partial charge is 0.401 e. The van der Waals surface area contributed by atoms with Crippen LogP contribution in [0.5, 0.6) is 0 Å². The highest BCUT2D eigenvalue weighted by Crippen LogP contribution is 2.20. The zero-order chi connectivity index (χ0) is 20.7. The van der Waals surface area contributed by atoms with Crippen molar-refractivity contribution >= 4 is 5.96 Å². The van der Waals surface area contributed by atoms with Crippen molar-refractivity contribution in [3.05, 3.63) is 35.4 Å². The molecule has 0 aliphatic carbocycles. The minimum Gasteiger partial charge on any atom is -0.379 e. The van der Waals surface area contributed by atoms with Crippen LogP contribution in [-0.4, -0.2) is 81.0 Å². The number of morpholine rings is 1. The summed E-state index contributed by atoms with van der Waals surface area (Å²) in [4.78, 5) is 8.05. The summed E-state index contributed by atoms with van der Waals surface area (Å²) in [5.41, 5.74) is 2.45. The van der Waals surface area contributed by atoms with Gasteiger partial charge in [-0.1, -0.05) is 24.3 Å². The first-order valence-electron chi connectivity index (χ1n) is 10.1. The van der Waals surface area contributed by atoms with Gasteiger partial charge in [-0.15, -0.1) is 0 Å². The number of nitrogens with zero attached hydrogens (tertiary/aromatic N) is 3. The molecule has 2 fully saturated rings. The predicted octanol–water partition coefficient (Wildman–Crippen LogP) is 1.82. The van der Waals surface area contributed by atoms with Crippen LogP contribution in [0.4, 0.5) is 13.2 Å². The van der Waals surface area contributed by atoms with E-state index in [1.807, 2.05) is 12.1 Å². The van der Waals surface area contributed by atoms with Gasteiger partial charge >= 0.3 is 6.18 Å². The van der Waals surface area contributed by atoms with Gasteiger partial charge in [0, 0.05) is 52.4 Å². The molecule has 6 nitrogen and oxygen atoms in total. The minimum atomic E-state index is -4.15. The molecule has 2 saturated heterocycles. The Labute approximate surface area is 170 Å². The maximum absolute atomic E-state index is 12.6. The number of likely N-dealkylation sites (tertiary alicyclic amines) is 1. The molecule has 2 aliphatic heterocycles. The molecule has 1 unspecified atom stereocenters. The second kappa shape index (κ2) is 10.3. The molecule has 9 heteroatoms. The van der Waals surface area contributed by atoms with Crippen LogP contribution in [0.3, 0.4) is 0 Å². The van der Waals surface area contributed by atoms with E-state index in [1.165, 1.54) is 16.0 Å². The summed E-state index contributed by atoms with van der Waals surface area (Å²) in [6.45, 7) is 4.84. The fraction of sp³-hybridized carbons (Fsp3) is 0.650. The van der Waals surface area contributed by atoms with Crippen molar-refractivity contribution in [3.8, 4) is 0 Å². The lowest BCUT2D eigenvalue weighted by atomic mass is 10.1. The minimum absolute atomic E-state index is 0.0351. The normalized spacial score (nSPS) is 22.1. The lowest BCUT2D eigenvalue weighted by molar-refractivity contribution is -0.143. The van der Waals surface area contributed by atoms with Crippen molar-refractivity contribution in [2.45, 2.75) is 31.7 Å². The third kappa shape index (κ3) is 7.17. The van der Waals surface area contributed by atoms with Crippen LogP contribution < -0.4 is 10.6 Å². The fourth-order valence-corrected chi connectivity index (χ4v) is 3.80. The zero-order valence-electron chi connectivity index (χ0n) is 16.8. The Morgan fingerprint density at radius 3 is 2.55 bits per heavy atom. The molecule has 0 radical (unpaired) electrons. The van der Waals surface area contributed by atoms with E-state index in [0.29, 0.717) is 32.0 Å². The van der Waals surface area contributed by atoms with E-state index in [4.69, 9.17) is 4.74 Å². The Morgan fingerprint density at radius 2 is 1.86 bits per heavy atom. The van der Waals surface area contributed by atoms with Gasteiger partial charge in [0.25, 0.3) is 0 Å². The van der Waals surface area contributed by atoms with Gasteiger partial charge in [-0.05, 0) is 17.5 Å². The quantitative estimate of drug-likeness (QED) is 0.551. The highest BCUT2D eigenvalue weighted by molar-refractivity contribution is 5.80. The van der Waals surface area contributed by atoms with Gasteiger partial charge < -0.3 is 15.4 Å². The Balaban J connectivity index is 1.50.